The number of ketones is 1. The molecule has 122 valence electrons. The van der Waals surface area contributed by atoms with Crippen molar-refractivity contribution < 1.29 is 9.59 Å². The SMILES string of the molecule is O=C1C(=O)N(CN2CCN(c3ccncc3)CC2)c2ccccc21. The standard InChI is InChI=1S/C18H18N4O2/c23-17-15-3-1-2-4-16(15)22(18(17)24)13-20-9-11-21(12-10-20)14-5-7-19-8-6-14/h1-8H,9-13H2. The Kier molecular flexibility index (Phi) is 3.74. The van der Waals surface area contributed by atoms with Crippen molar-refractivity contribution in [1.29, 1.82) is 0 Å². The lowest BCUT2D eigenvalue weighted by Gasteiger charge is -2.37. The van der Waals surface area contributed by atoms with Crippen LogP contribution >= 0.6 is 0 Å². The van der Waals surface area contributed by atoms with Gasteiger partial charge in [-0.25, -0.2) is 0 Å². The van der Waals surface area contributed by atoms with E-state index in [0.29, 0.717) is 12.2 Å². The minimum absolute atomic E-state index is 0.402. The summed E-state index contributed by atoms with van der Waals surface area (Å²) >= 11 is 0. The van der Waals surface area contributed by atoms with Crippen LogP contribution in [-0.4, -0.2) is 54.4 Å². The zero-order valence-electron chi connectivity index (χ0n) is 13.3. The van der Waals surface area contributed by atoms with Crippen LogP contribution in [0.4, 0.5) is 11.4 Å². The molecule has 0 bridgehead atoms. The molecular formula is C18H18N4O2. The Hall–Kier alpha value is -2.73. The molecule has 4 rings (SSSR count). The van der Waals surface area contributed by atoms with Crippen molar-refractivity contribution in [2.24, 2.45) is 0 Å². The number of benzene rings is 1. The van der Waals surface area contributed by atoms with Crippen LogP contribution < -0.4 is 9.80 Å². The summed E-state index contributed by atoms with van der Waals surface area (Å²) in [5.74, 6) is -0.825. The maximum Gasteiger partial charge on any atom is 0.300 e. The second kappa shape index (κ2) is 6.05. The average Bonchev–Trinajstić information content (AvgIpc) is 2.88. The van der Waals surface area contributed by atoms with Gasteiger partial charge in [-0.05, 0) is 24.3 Å². The van der Waals surface area contributed by atoms with E-state index in [0.717, 1.165) is 31.9 Å². The minimum Gasteiger partial charge on any atom is -0.369 e. The fourth-order valence-electron chi connectivity index (χ4n) is 3.29. The summed E-state index contributed by atoms with van der Waals surface area (Å²) < 4.78 is 0. The molecule has 1 aromatic heterocycles. The number of rotatable bonds is 3. The lowest BCUT2D eigenvalue weighted by molar-refractivity contribution is -0.114. The van der Waals surface area contributed by atoms with Gasteiger partial charge in [0.1, 0.15) is 0 Å². The van der Waals surface area contributed by atoms with Crippen molar-refractivity contribution in [1.82, 2.24) is 9.88 Å². The highest BCUT2D eigenvalue weighted by atomic mass is 16.2. The first-order valence-electron chi connectivity index (χ1n) is 8.06. The van der Waals surface area contributed by atoms with Crippen molar-refractivity contribution >= 4 is 23.1 Å². The summed E-state index contributed by atoms with van der Waals surface area (Å²) in [5.41, 5.74) is 2.41. The van der Waals surface area contributed by atoms with Crippen LogP contribution in [-0.2, 0) is 4.79 Å². The number of piperazine rings is 1. The summed E-state index contributed by atoms with van der Waals surface area (Å²) in [6.07, 6.45) is 3.60. The summed E-state index contributed by atoms with van der Waals surface area (Å²) in [5, 5.41) is 0. The predicted molar refractivity (Wildman–Crippen MR) is 91.1 cm³/mol. The van der Waals surface area contributed by atoms with Crippen LogP contribution in [0.5, 0.6) is 0 Å². The number of hydrogen-bond acceptors (Lipinski definition) is 5. The van der Waals surface area contributed by atoms with Crippen molar-refractivity contribution in [3.8, 4) is 0 Å². The van der Waals surface area contributed by atoms with Crippen molar-refractivity contribution in [2.45, 2.75) is 0 Å². The molecule has 2 aromatic rings. The van der Waals surface area contributed by atoms with Gasteiger partial charge in [-0.1, -0.05) is 12.1 Å². The molecule has 0 unspecified atom stereocenters. The van der Waals surface area contributed by atoms with Gasteiger partial charge in [0.2, 0.25) is 0 Å². The number of anilines is 2. The zero-order valence-corrected chi connectivity index (χ0v) is 13.3. The van der Waals surface area contributed by atoms with Gasteiger partial charge in [0.25, 0.3) is 5.78 Å². The molecule has 0 atom stereocenters. The summed E-state index contributed by atoms with van der Waals surface area (Å²) in [4.78, 5) is 34.5. The van der Waals surface area contributed by atoms with Crippen LogP contribution in [0, 0.1) is 0 Å². The maximum atomic E-state index is 12.3. The van der Waals surface area contributed by atoms with E-state index in [1.165, 1.54) is 5.69 Å². The van der Waals surface area contributed by atoms with Gasteiger partial charge in [-0.2, -0.15) is 0 Å². The van der Waals surface area contributed by atoms with E-state index < -0.39 is 11.7 Å². The second-order valence-electron chi connectivity index (χ2n) is 6.03. The van der Waals surface area contributed by atoms with Crippen LogP contribution in [0.15, 0.2) is 48.8 Å². The van der Waals surface area contributed by atoms with E-state index in [9.17, 15) is 9.59 Å². The quantitative estimate of drug-likeness (QED) is 0.799. The first-order valence-corrected chi connectivity index (χ1v) is 8.06. The second-order valence-corrected chi connectivity index (χ2v) is 6.03. The van der Waals surface area contributed by atoms with E-state index >= 15 is 0 Å². The number of amides is 1. The molecular weight excluding hydrogens is 304 g/mol. The van der Waals surface area contributed by atoms with E-state index in [4.69, 9.17) is 0 Å². The number of carbonyl (C=O) groups is 2. The molecule has 2 aliphatic heterocycles. The minimum atomic E-state index is -0.423. The van der Waals surface area contributed by atoms with E-state index in [-0.39, 0.29) is 0 Å². The lowest BCUT2D eigenvalue weighted by Crippen LogP contribution is -2.51. The Morgan fingerprint density at radius 2 is 1.62 bits per heavy atom. The lowest BCUT2D eigenvalue weighted by atomic mass is 10.1. The van der Waals surface area contributed by atoms with Crippen LogP contribution in [0.25, 0.3) is 0 Å². The van der Waals surface area contributed by atoms with Crippen molar-refractivity contribution in [3.63, 3.8) is 0 Å². The topological polar surface area (TPSA) is 56.8 Å². The first kappa shape index (κ1) is 14.8. The molecule has 0 spiro atoms. The van der Waals surface area contributed by atoms with Crippen LogP contribution in [0.3, 0.4) is 0 Å². The van der Waals surface area contributed by atoms with Gasteiger partial charge in [0, 0.05) is 44.3 Å². The Morgan fingerprint density at radius 3 is 2.38 bits per heavy atom. The largest absolute Gasteiger partial charge is 0.369 e. The Morgan fingerprint density at radius 1 is 0.917 bits per heavy atom. The fraction of sp³-hybridized carbons (Fsp3) is 0.278. The first-order chi connectivity index (χ1) is 11.7. The molecule has 3 heterocycles. The molecule has 1 amide bonds. The third-order valence-electron chi connectivity index (χ3n) is 4.62. The van der Waals surface area contributed by atoms with Crippen molar-refractivity contribution in [3.05, 3.63) is 54.4 Å². The Labute approximate surface area is 140 Å². The number of fused-ring (bicyclic) bond motifs is 1. The van der Waals surface area contributed by atoms with Gasteiger partial charge in [-0.3, -0.25) is 24.4 Å². The summed E-state index contributed by atoms with van der Waals surface area (Å²) in [6.45, 7) is 3.94. The van der Waals surface area contributed by atoms with E-state index in [1.54, 1.807) is 29.4 Å². The number of aromatic nitrogens is 1. The molecule has 6 nitrogen and oxygen atoms in total. The number of pyridine rings is 1. The molecule has 24 heavy (non-hydrogen) atoms. The Balaban J connectivity index is 1.43. The predicted octanol–water partition coefficient (Wildman–Crippen LogP) is 1.39. The molecule has 0 saturated carbocycles. The third-order valence-corrected chi connectivity index (χ3v) is 4.62. The van der Waals surface area contributed by atoms with Gasteiger partial charge < -0.3 is 4.90 Å². The van der Waals surface area contributed by atoms with Gasteiger partial charge in [0.15, 0.2) is 0 Å². The van der Waals surface area contributed by atoms with Gasteiger partial charge >= 0.3 is 5.91 Å². The summed E-state index contributed by atoms with van der Waals surface area (Å²) in [7, 11) is 0. The molecule has 1 aromatic carbocycles. The monoisotopic (exact) mass is 322 g/mol. The summed E-state index contributed by atoms with van der Waals surface area (Å²) in [6, 6.07) is 11.2. The molecule has 1 fully saturated rings. The van der Waals surface area contributed by atoms with Crippen LogP contribution in [0.1, 0.15) is 10.4 Å². The highest BCUT2D eigenvalue weighted by molar-refractivity contribution is 6.52. The number of nitrogens with zero attached hydrogens (tertiary/aromatic N) is 4. The van der Waals surface area contributed by atoms with Gasteiger partial charge in [-0.15, -0.1) is 0 Å². The maximum absolute atomic E-state index is 12.3. The highest BCUT2D eigenvalue weighted by Gasteiger charge is 2.36. The smallest absolute Gasteiger partial charge is 0.300 e. The third kappa shape index (κ3) is 2.55. The number of carbonyl (C=O) groups excluding carboxylic acids is 2. The van der Waals surface area contributed by atoms with E-state index in [1.807, 2.05) is 24.3 Å². The average molecular weight is 322 g/mol. The molecule has 1 saturated heterocycles. The van der Waals surface area contributed by atoms with Gasteiger partial charge in [0.05, 0.1) is 17.9 Å². The van der Waals surface area contributed by atoms with E-state index in [2.05, 4.69) is 14.8 Å². The number of hydrogen-bond donors (Lipinski definition) is 0. The normalized spacial score (nSPS) is 18.2. The zero-order chi connectivity index (χ0) is 16.5. The molecule has 0 aliphatic carbocycles. The molecule has 0 radical (unpaired) electrons. The fourth-order valence-corrected chi connectivity index (χ4v) is 3.29. The Bertz CT molecular complexity index is 770. The number of Topliss-reactive ketones (excluding diaryl/α,β-unsaturated/α-hetero) is 1. The molecule has 6 heteroatoms. The van der Waals surface area contributed by atoms with Crippen molar-refractivity contribution in [2.75, 3.05) is 42.6 Å². The number of para-hydroxylation sites is 1. The molecule has 0 N–H and O–H groups in total. The molecule has 2 aliphatic rings. The van der Waals surface area contributed by atoms with Crippen LogP contribution in [0.2, 0.25) is 0 Å². The highest BCUT2D eigenvalue weighted by Crippen LogP contribution is 2.28.